The zero-order valence-electron chi connectivity index (χ0n) is 103. The SMILES string of the molecule is [2H]c1cc(C(C2(O)CCCCC2)C([2H])([2H])N(C([2H])([2H])[2H])C([2H])([2H])[2H])cc([2H])c1O.[2H]c1cc(C(C2(O)CCCCC2)C([2H])([2H])N(C)C([2H])([2H])[2H])cc([2H])c1O.[2H]c1cc(C(C2(O)CCCCC2)C([2H])([2H])N(C)C)cc([2H])c1O.[2H]c1cc(C(CN(C([2H])([2H])[2H])C([2H])([2H])[2H])C2(O)CCCCC2)cc([2H])c1O.[2H]c1cc(C(CN(C)C([2H])([2H])[2H])C2(O)CCCCC2)cc([2H])c1O.[2H]c1cc(C(CN(C)C)C2(O)CCCCC2)cc([2H])c1O. The smallest absolute Gasteiger partial charge is 0.115 e. The molecule has 0 aromatic heterocycles. The monoisotopic (exact) mass is 1620 g/mol. The number of rotatable bonds is 24. The largest absolute Gasteiger partial charge is 0.508 e. The first-order valence-electron chi connectivity index (χ1n) is 58.1. The molecule has 0 spiro atoms. The van der Waals surface area contributed by atoms with Gasteiger partial charge in [0.15, 0.2) is 0 Å². The van der Waals surface area contributed by atoms with Gasteiger partial charge in [0.1, 0.15) is 34.5 Å². The zero-order valence-corrected chi connectivity index (χ0v) is 67.3. The Labute approximate surface area is 736 Å². The van der Waals surface area contributed by atoms with Crippen LogP contribution in [-0.4, -0.2) is 248 Å². The van der Waals surface area contributed by atoms with Crippen molar-refractivity contribution in [3.05, 3.63) is 179 Å². The van der Waals surface area contributed by atoms with E-state index < -0.39 is 172 Å². The van der Waals surface area contributed by atoms with Crippen LogP contribution in [0.3, 0.4) is 0 Å². The molecule has 6 aliphatic rings. The lowest BCUT2D eigenvalue weighted by Crippen LogP contribution is -2.42. The predicted octanol–water partition coefficient (Wildman–Crippen LogP) is 16.4. The van der Waals surface area contributed by atoms with E-state index in [9.17, 15) is 61.3 Å². The van der Waals surface area contributed by atoms with Crippen LogP contribution in [0.4, 0.5) is 0 Å². The van der Waals surface area contributed by atoms with Crippen LogP contribution < -0.4 is 0 Å². The van der Waals surface area contributed by atoms with Crippen LogP contribution in [0.15, 0.2) is 145 Å². The molecule has 6 aromatic carbocycles. The van der Waals surface area contributed by atoms with E-state index in [1.807, 2.05) is 19.0 Å². The number of phenolic OH excluding ortho intramolecular Hbond substituents is 6. The maximum absolute atomic E-state index is 11.3. The molecule has 6 fully saturated rings. The van der Waals surface area contributed by atoms with Crippen LogP contribution in [0.5, 0.6) is 34.5 Å². The predicted molar refractivity (Wildman–Crippen MR) is 465 cm³/mol. The van der Waals surface area contributed by atoms with Crippen molar-refractivity contribution >= 4 is 0 Å². The molecule has 6 unspecified atom stereocenters. The van der Waals surface area contributed by atoms with E-state index in [4.69, 9.17) is 49.3 Å². The average molecular weight is 1620 g/mol. The summed E-state index contributed by atoms with van der Waals surface area (Å²) in [6.07, 6.45) is 20.3. The summed E-state index contributed by atoms with van der Waals surface area (Å²) in [5.41, 5.74) is -5.68. The number of hydrogen-bond acceptors (Lipinski definition) is 18. The van der Waals surface area contributed by atoms with Crippen molar-refractivity contribution in [3.63, 3.8) is 0 Å². The zero-order chi connectivity index (χ0) is 114. The minimum Gasteiger partial charge on any atom is -0.508 e. The Hall–Kier alpha value is -6.36. The molecule has 636 valence electrons. The number of likely N-dealkylation sites (N-methyl/N-ethyl adjacent to an activating group) is 6. The summed E-state index contributed by atoms with van der Waals surface area (Å²) >= 11 is 0. The average Bonchev–Trinajstić information content (AvgIpc) is 0.724. The lowest BCUT2D eigenvalue weighted by atomic mass is 9.72. The molecule has 0 saturated heterocycles. The summed E-state index contributed by atoms with van der Waals surface area (Å²) in [6.45, 7) is -24.6. The number of aliphatic hydroxyl groups is 6. The second kappa shape index (κ2) is 45.5. The second-order valence-corrected chi connectivity index (χ2v) is 32.4. The van der Waals surface area contributed by atoms with Gasteiger partial charge in [-0.1, -0.05) is 188 Å². The fourth-order valence-electron chi connectivity index (χ4n) is 17.0. The maximum Gasteiger partial charge on any atom is 0.115 e. The maximum atomic E-state index is 11.3. The first-order chi connectivity index (χ1) is 68.5. The van der Waals surface area contributed by atoms with Crippen molar-refractivity contribution in [2.75, 3.05) is 123 Å². The molecule has 114 heavy (non-hydrogen) atoms. The van der Waals surface area contributed by atoms with Gasteiger partial charge in [-0.3, -0.25) is 0 Å². The molecule has 0 radical (unpaired) electrons. The third kappa shape index (κ3) is 29.6. The summed E-state index contributed by atoms with van der Waals surface area (Å²) in [7, 11) is 9.77. The third-order valence-electron chi connectivity index (χ3n) is 22.9. The van der Waals surface area contributed by atoms with Crippen LogP contribution in [0.25, 0.3) is 0 Å². The van der Waals surface area contributed by atoms with Crippen LogP contribution in [-0.2, 0) is 0 Å². The highest BCUT2D eigenvalue weighted by Gasteiger charge is 2.45. The van der Waals surface area contributed by atoms with Gasteiger partial charge in [-0.2, -0.15) is 0 Å². The topological polar surface area (TPSA) is 262 Å². The van der Waals surface area contributed by atoms with E-state index in [2.05, 4.69) is 0 Å². The Bertz CT molecular complexity index is 5230. The molecule has 18 heteroatoms. The van der Waals surface area contributed by atoms with E-state index in [-0.39, 0.29) is 113 Å². The van der Waals surface area contributed by atoms with E-state index in [0.717, 1.165) is 115 Å². The molecule has 18 nitrogen and oxygen atoms in total. The summed E-state index contributed by atoms with van der Waals surface area (Å²) in [6, 6.07) is 12.6. The molecule has 6 saturated carbocycles. The Kier molecular flexibility index (Phi) is 21.8. The molecule has 6 aliphatic carbocycles. The van der Waals surface area contributed by atoms with Gasteiger partial charge in [0.2, 0.25) is 0 Å². The molecule has 12 rings (SSSR count). The van der Waals surface area contributed by atoms with Crippen LogP contribution in [0.1, 0.15) is 311 Å². The lowest BCUT2D eigenvalue weighted by molar-refractivity contribution is -0.0280. The molecule has 0 aliphatic heterocycles. The van der Waals surface area contributed by atoms with Gasteiger partial charge in [0.25, 0.3) is 0 Å². The second-order valence-electron chi connectivity index (χ2n) is 32.4. The highest BCUT2D eigenvalue weighted by atomic mass is 16.3. The Morgan fingerprint density at radius 2 is 0.412 bits per heavy atom. The Morgan fingerprint density at radius 3 is 0.605 bits per heavy atom. The van der Waals surface area contributed by atoms with Crippen molar-refractivity contribution < 1.29 is 111 Å². The Balaban J connectivity index is 0.000000244. The highest BCUT2D eigenvalue weighted by Crippen LogP contribution is 2.47. The van der Waals surface area contributed by atoms with Gasteiger partial charge in [0, 0.05) is 108 Å². The van der Waals surface area contributed by atoms with Gasteiger partial charge in [-0.25, -0.2) is 0 Å². The third-order valence-corrected chi connectivity index (χ3v) is 22.9. The molecular formula is C96H150N6O12. The molecule has 12 N–H and O–H groups in total. The van der Waals surface area contributed by atoms with Crippen molar-refractivity contribution in [2.24, 2.45) is 0 Å². The first-order valence-corrected chi connectivity index (χ1v) is 40.1. The fourth-order valence-corrected chi connectivity index (χ4v) is 17.0. The highest BCUT2D eigenvalue weighted by molar-refractivity contribution is 5.36. The molecule has 0 amide bonds. The van der Waals surface area contributed by atoms with Gasteiger partial charge in [-0.05, 0) is 267 Å². The summed E-state index contributed by atoms with van der Waals surface area (Å²) in [5.74, 6) is -8.26. The molecule has 0 bridgehead atoms. The Morgan fingerprint density at radius 1 is 0.246 bits per heavy atom. The number of benzene rings is 6. The molecule has 6 atom stereocenters. The number of phenols is 6. The fraction of sp³-hybridized carbons (Fsp3) is 0.625. The van der Waals surface area contributed by atoms with E-state index >= 15 is 0 Å². The molecule has 0 heterocycles. The first kappa shape index (κ1) is 54.7. The number of nitrogens with zero attached hydrogens (tertiary/aromatic N) is 6. The van der Waals surface area contributed by atoms with E-state index in [0.29, 0.717) is 117 Å². The summed E-state index contributed by atoms with van der Waals surface area (Å²) < 4.78 is 281. The minimum absolute atomic E-state index is 0.0411. The summed E-state index contributed by atoms with van der Waals surface area (Å²) in [4.78, 5) is 5.46. The normalized spacial score (nSPS) is 26.1. The minimum atomic E-state index is -3.34. The van der Waals surface area contributed by atoms with Crippen molar-refractivity contribution in [3.8, 4) is 34.5 Å². The molecular weight excluding hydrogens is 1430 g/mol. The molecule has 6 aromatic rings. The van der Waals surface area contributed by atoms with Crippen molar-refractivity contribution in [1.29, 1.82) is 0 Å². The van der Waals surface area contributed by atoms with Gasteiger partial charge in [-0.15, -0.1) is 0 Å². The van der Waals surface area contributed by atoms with Gasteiger partial charge < -0.3 is 90.7 Å². The van der Waals surface area contributed by atoms with Crippen molar-refractivity contribution in [1.82, 2.24) is 29.4 Å². The lowest BCUT2D eigenvalue weighted by Gasteiger charge is -2.40. The standard InChI is InChI=1S/6C16H25NO2/c6*1-17(2)12-15(13-6-8-14(18)9-7-13)16(19)10-4-3-5-11-16/h6*6-9,15,18-19H,3-5,10-12H2,1-2H3/i1D3,2D3,8D,9D,12D2;1D3,8D,9D,12D2;1D3,2D3,8D,9D;8D,9D,12D2;1D3,8D,9D;8D,9D. The summed E-state index contributed by atoms with van der Waals surface area (Å²) in [5, 5.41) is 125. The quantitative estimate of drug-likeness (QED) is 0.0269. The van der Waals surface area contributed by atoms with Gasteiger partial charge in [0.05, 0.1) is 50.1 Å². The van der Waals surface area contributed by atoms with Gasteiger partial charge >= 0.3 is 0 Å². The number of aromatic hydroxyl groups is 6. The number of hydrogen-bond donors (Lipinski definition) is 12. The van der Waals surface area contributed by atoms with E-state index in [1.165, 1.54) is 65.4 Å². The van der Waals surface area contributed by atoms with Crippen LogP contribution in [0, 0.1) is 0 Å². The van der Waals surface area contributed by atoms with E-state index in [1.54, 1.807) is 26.2 Å². The van der Waals surface area contributed by atoms with Crippen molar-refractivity contribution in [2.45, 2.75) is 262 Å². The van der Waals surface area contributed by atoms with Crippen LogP contribution >= 0.6 is 0 Å². The van der Waals surface area contributed by atoms with Crippen LogP contribution in [0.2, 0.25) is 0 Å².